The van der Waals surface area contributed by atoms with Gasteiger partial charge in [0.2, 0.25) is 0 Å². The minimum absolute atomic E-state index is 0.147. The molecule has 2 N–H and O–H groups in total. The van der Waals surface area contributed by atoms with Crippen LogP contribution >= 0.6 is 11.6 Å². The molecule has 0 radical (unpaired) electrons. The van der Waals surface area contributed by atoms with E-state index in [0.29, 0.717) is 0 Å². The van der Waals surface area contributed by atoms with Crippen LogP contribution in [0.1, 0.15) is 24.4 Å². The molecule has 114 valence electrons. The second kappa shape index (κ2) is 5.18. The highest BCUT2D eigenvalue weighted by atomic mass is 35.5. The number of para-hydroxylation sites is 1. The largest absolute Gasteiger partial charge is 0.361 e. The highest BCUT2D eigenvalue weighted by Gasteiger charge is 2.36. The second-order valence-electron chi connectivity index (χ2n) is 6.20. The zero-order valence-corrected chi connectivity index (χ0v) is 13.4. The Balaban J connectivity index is 1.99. The Morgan fingerprint density at radius 3 is 2.77 bits per heavy atom. The van der Waals surface area contributed by atoms with Gasteiger partial charge in [0, 0.05) is 30.3 Å². The minimum atomic E-state index is 0.147. The Morgan fingerprint density at radius 1 is 1.09 bits per heavy atom. The van der Waals surface area contributed by atoms with E-state index < -0.39 is 0 Å². The topological polar surface area (TPSA) is 32.5 Å². The summed E-state index contributed by atoms with van der Waals surface area (Å²) >= 11 is 6.28. The third-order valence-electron chi connectivity index (χ3n) is 4.90. The quantitative estimate of drug-likeness (QED) is 0.795. The van der Waals surface area contributed by atoms with Gasteiger partial charge < -0.3 is 15.5 Å². The van der Waals surface area contributed by atoms with Crippen molar-refractivity contribution in [1.29, 1.82) is 0 Å². The molecule has 2 atom stereocenters. The van der Waals surface area contributed by atoms with Gasteiger partial charge in [0.05, 0.1) is 17.4 Å². The van der Waals surface area contributed by atoms with Gasteiger partial charge in [-0.3, -0.25) is 0 Å². The maximum Gasteiger partial charge on any atom is 0.0714 e. The number of hydrogen-bond acceptors (Lipinski definition) is 3. The predicted octanol–water partition coefficient (Wildman–Crippen LogP) is 4.09. The van der Waals surface area contributed by atoms with Crippen molar-refractivity contribution in [2.24, 2.45) is 5.73 Å². The normalized spacial score (nSPS) is 23.4. The van der Waals surface area contributed by atoms with Crippen molar-refractivity contribution in [3.05, 3.63) is 53.1 Å². The van der Waals surface area contributed by atoms with E-state index in [1.54, 1.807) is 0 Å². The van der Waals surface area contributed by atoms with E-state index in [4.69, 9.17) is 17.3 Å². The fourth-order valence-corrected chi connectivity index (χ4v) is 4.04. The van der Waals surface area contributed by atoms with Gasteiger partial charge in [-0.15, -0.1) is 0 Å². The van der Waals surface area contributed by atoms with Gasteiger partial charge in [0.1, 0.15) is 0 Å². The summed E-state index contributed by atoms with van der Waals surface area (Å²) in [6.45, 7) is 1.02. The second-order valence-corrected chi connectivity index (χ2v) is 6.63. The predicted molar refractivity (Wildman–Crippen MR) is 93.3 cm³/mol. The van der Waals surface area contributed by atoms with E-state index >= 15 is 0 Å². The van der Waals surface area contributed by atoms with Crippen LogP contribution < -0.4 is 15.5 Å². The highest BCUT2D eigenvalue weighted by molar-refractivity contribution is 6.31. The molecule has 2 aromatic rings. The number of hydrogen-bond donors (Lipinski definition) is 1. The highest BCUT2D eigenvalue weighted by Crippen LogP contribution is 2.47. The van der Waals surface area contributed by atoms with Crippen molar-refractivity contribution in [2.45, 2.75) is 24.9 Å². The van der Waals surface area contributed by atoms with Crippen LogP contribution in [0, 0.1) is 0 Å². The Kier molecular flexibility index (Phi) is 3.28. The lowest BCUT2D eigenvalue weighted by Gasteiger charge is -2.41. The van der Waals surface area contributed by atoms with Crippen molar-refractivity contribution < 1.29 is 0 Å². The zero-order valence-electron chi connectivity index (χ0n) is 12.7. The molecule has 0 aromatic heterocycles. The number of nitrogens with zero attached hydrogens (tertiary/aromatic N) is 2. The molecule has 4 rings (SSSR count). The first-order valence-electron chi connectivity index (χ1n) is 7.81. The molecular weight excluding hydrogens is 294 g/mol. The van der Waals surface area contributed by atoms with Crippen LogP contribution in [0.3, 0.4) is 0 Å². The van der Waals surface area contributed by atoms with Crippen LogP contribution in [0.25, 0.3) is 0 Å². The fraction of sp³-hybridized carbons (Fsp3) is 0.333. The molecule has 4 heteroatoms. The lowest BCUT2D eigenvalue weighted by Crippen LogP contribution is -2.45. The minimum Gasteiger partial charge on any atom is -0.361 e. The van der Waals surface area contributed by atoms with Crippen molar-refractivity contribution in [2.75, 3.05) is 23.4 Å². The molecular formula is C18H20ClN3. The third-order valence-corrected chi connectivity index (χ3v) is 5.14. The van der Waals surface area contributed by atoms with Gasteiger partial charge >= 0.3 is 0 Å². The first-order valence-corrected chi connectivity index (χ1v) is 8.19. The van der Waals surface area contributed by atoms with E-state index in [1.165, 1.54) is 22.6 Å². The van der Waals surface area contributed by atoms with Crippen LogP contribution in [-0.4, -0.2) is 19.6 Å². The first-order chi connectivity index (χ1) is 10.7. The molecule has 0 aliphatic carbocycles. The summed E-state index contributed by atoms with van der Waals surface area (Å²) in [5.74, 6) is 0. The standard InChI is InChI=1S/C18H20ClN3/c1-21-15-7-3-2-5-13(15)18-14(20)6-4-10-22(18)17-11-12(19)8-9-16(17)21/h2-3,5,7-9,11,14,18H,4,6,10,20H2,1H3/t14-,18+/m1/s1. The molecule has 2 aliphatic rings. The van der Waals surface area contributed by atoms with Gasteiger partial charge in [-0.25, -0.2) is 0 Å². The number of fused-ring (bicyclic) bond motifs is 5. The molecule has 1 fully saturated rings. The number of anilines is 3. The smallest absolute Gasteiger partial charge is 0.0714 e. The average molecular weight is 314 g/mol. The maximum absolute atomic E-state index is 6.52. The summed E-state index contributed by atoms with van der Waals surface area (Å²) in [7, 11) is 2.12. The van der Waals surface area contributed by atoms with Gasteiger partial charge in [-0.05, 0) is 42.7 Å². The molecule has 2 aliphatic heterocycles. The SMILES string of the molecule is CN1c2ccccc2[C@H]2[C@H](N)CCCN2c2cc(Cl)ccc21. The summed E-state index contributed by atoms with van der Waals surface area (Å²) in [4.78, 5) is 4.70. The van der Waals surface area contributed by atoms with Gasteiger partial charge in [0.25, 0.3) is 0 Å². The fourth-order valence-electron chi connectivity index (χ4n) is 3.88. The third kappa shape index (κ3) is 2.00. The van der Waals surface area contributed by atoms with Crippen molar-refractivity contribution in [3.8, 4) is 0 Å². The summed E-state index contributed by atoms with van der Waals surface area (Å²) in [6.07, 6.45) is 2.19. The molecule has 22 heavy (non-hydrogen) atoms. The van der Waals surface area contributed by atoms with Crippen LogP contribution in [0.5, 0.6) is 0 Å². The van der Waals surface area contributed by atoms with Crippen molar-refractivity contribution in [1.82, 2.24) is 0 Å². The summed E-state index contributed by atoms with van der Waals surface area (Å²) in [6, 6.07) is 15.1. The lowest BCUT2D eigenvalue weighted by atomic mass is 9.90. The molecule has 3 nitrogen and oxygen atoms in total. The van der Waals surface area contributed by atoms with E-state index in [-0.39, 0.29) is 12.1 Å². The summed E-state index contributed by atoms with van der Waals surface area (Å²) < 4.78 is 0. The van der Waals surface area contributed by atoms with Crippen LogP contribution in [-0.2, 0) is 0 Å². The van der Waals surface area contributed by atoms with E-state index in [9.17, 15) is 0 Å². The monoisotopic (exact) mass is 313 g/mol. The van der Waals surface area contributed by atoms with E-state index in [0.717, 1.165) is 24.4 Å². The Bertz CT molecular complexity index is 715. The molecule has 2 aromatic carbocycles. The average Bonchev–Trinajstić information content (AvgIpc) is 2.63. The number of benzene rings is 2. The first kappa shape index (κ1) is 13.9. The maximum atomic E-state index is 6.52. The number of nitrogens with two attached hydrogens (primary N) is 1. The molecule has 0 bridgehead atoms. The molecule has 0 amide bonds. The summed E-state index contributed by atoms with van der Waals surface area (Å²) in [5.41, 5.74) is 11.4. The number of piperidine rings is 1. The van der Waals surface area contributed by atoms with Crippen LogP contribution in [0.2, 0.25) is 5.02 Å². The van der Waals surface area contributed by atoms with Gasteiger partial charge in [0.15, 0.2) is 0 Å². The Morgan fingerprint density at radius 2 is 1.91 bits per heavy atom. The molecule has 2 heterocycles. The zero-order chi connectivity index (χ0) is 15.3. The van der Waals surface area contributed by atoms with Crippen LogP contribution in [0.4, 0.5) is 17.1 Å². The van der Waals surface area contributed by atoms with Gasteiger partial charge in [-0.2, -0.15) is 0 Å². The number of rotatable bonds is 0. The lowest BCUT2D eigenvalue weighted by molar-refractivity contribution is 0.411. The van der Waals surface area contributed by atoms with Crippen LogP contribution in [0.15, 0.2) is 42.5 Å². The Labute approximate surface area is 136 Å². The van der Waals surface area contributed by atoms with Crippen molar-refractivity contribution in [3.63, 3.8) is 0 Å². The molecule has 0 spiro atoms. The molecule has 0 unspecified atom stereocenters. The van der Waals surface area contributed by atoms with Crippen molar-refractivity contribution >= 4 is 28.7 Å². The number of halogens is 1. The molecule has 1 saturated heterocycles. The van der Waals surface area contributed by atoms with E-state index in [1.807, 2.05) is 6.07 Å². The van der Waals surface area contributed by atoms with E-state index in [2.05, 4.69) is 53.2 Å². The Hall–Kier alpha value is -1.71. The van der Waals surface area contributed by atoms with Gasteiger partial charge in [-0.1, -0.05) is 29.8 Å². The molecule has 0 saturated carbocycles. The summed E-state index contributed by atoms with van der Waals surface area (Å²) in [5, 5.41) is 0.774.